The van der Waals surface area contributed by atoms with E-state index in [0.29, 0.717) is 0 Å². The zero-order chi connectivity index (χ0) is 38.6. The largest absolute Gasteiger partial charge is 0.455 e. The van der Waals surface area contributed by atoms with E-state index < -0.39 is 0 Å². The van der Waals surface area contributed by atoms with Gasteiger partial charge in [0.15, 0.2) is 0 Å². The Hall–Kier alpha value is -7.04. The lowest BCUT2D eigenvalue weighted by Crippen LogP contribution is -1.91. The molecule has 0 radical (unpaired) electrons. The summed E-state index contributed by atoms with van der Waals surface area (Å²) in [6, 6.07) is 71.3. The van der Waals surface area contributed by atoms with Crippen molar-refractivity contribution in [3.63, 3.8) is 0 Å². The number of hydrogen-bond acceptors (Lipinski definition) is 3. The molecule has 10 aromatic carbocycles. The highest BCUT2D eigenvalue weighted by molar-refractivity contribution is 7.27. The van der Waals surface area contributed by atoms with Gasteiger partial charge in [-0.05, 0) is 96.7 Å². The molecule has 59 heavy (non-hydrogen) atoms. The van der Waals surface area contributed by atoms with Crippen LogP contribution in [-0.4, -0.2) is 0 Å². The average Bonchev–Trinajstić information content (AvgIpc) is 3.99. The third-order valence-corrected chi connectivity index (χ3v) is 14.6. The molecule has 274 valence electrons. The molecule has 3 heteroatoms. The molecule has 0 aliphatic carbocycles. The second kappa shape index (κ2) is 12.7. The van der Waals surface area contributed by atoms with Crippen LogP contribution in [0.5, 0.6) is 0 Å². The Bertz CT molecular complexity index is 3770. The van der Waals surface area contributed by atoms with Crippen molar-refractivity contribution in [1.82, 2.24) is 0 Å². The second-order valence-electron chi connectivity index (χ2n) is 15.5. The van der Waals surface area contributed by atoms with E-state index in [1.165, 1.54) is 101 Å². The average molecular weight is 785 g/mol. The molecule has 0 fully saturated rings. The minimum Gasteiger partial charge on any atom is -0.455 e. The molecule has 3 heterocycles. The SMILES string of the molecule is c1ccc(-c2sc3cc4sc5ccc(-c6c7ccccc7c(-c7cccc8oc9c%10ccccc%10ccc9c78)c7ccccc67)cc5c4cc3c2-c2ccccc2)cc1. The normalized spacial score (nSPS) is 12.1. The van der Waals surface area contributed by atoms with Gasteiger partial charge in [-0.15, -0.1) is 22.7 Å². The smallest absolute Gasteiger partial charge is 0.143 e. The lowest BCUT2D eigenvalue weighted by molar-refractivity contribution is 0.673. The molecule has 0 spiro atoms. The van der Waals surface area contributed by atoms with E-state index >= 15 is 0 Å². The Morgan fingerprint density at radius 1 is 0.322 bits per heavy atom. The van der Waals surface area contributed by atoms with Crippen LogP contribution in [0.4, 0.5) is 0 Å². The lowest BCUT2D eigenvalue weighted by atomic mass is 9.84. The Morgan fingerprint density at radius 3 is 1.69 bits per heavy atom. The predicted molar refractivity (Wildman–Crippen MR) is 256 cm³/mol. The Balaban J connectivity index is 1.06. The van der Waals surface area contributed by atoms with Crippen molar-refractivity contribution in [2.45, 2.75) is 0 Å². The van der Waals surface area contributed by atoms with Gasteiger partial charge in [-0.25, -0.2) is 0 Å². The van der Waals surface area contributed by atoms with E-state index in [0.717, 1.165) is 27.3 Å². The van der Waals surface area contributed by atoms with Crippen LogP contribution >= 0.6 is 22.7 Å². The topological polar surface area (TPSA) is 13.1 Å². The maximum absolute atomic E-state index is 6.70. The van der Waals surface area contributed by atoms with Crippen LogP contribution in [-0.2, 0) is 0 Å². The van der Waals surface area contributed by atoms with Gasteiger partial charge in [0.1, 0.15) is 11.2 Å². The van der Waals surface area contributed by atoms with Crippen molar-refractivity contribution < 1.29 is 4.42 Å². The molecule has 0 saturated carbocycles. The lowest BCUT2D eigenvalue weighted by Gasteiger charge is -2.18. The number of benzene rings is 10. The fourth-order valence-electron chi connectivity index (χ4n) is 9.70. The molecule has 0 bridgehead atoms. The summed E-state index contributed by atoms with van der Waals surface area (Å²) in [5, 5.41) is 13.5. The summed E-state index contributed by atoms with van der Waals surface area (Å²) in [6.07, 6.45) is 0. The van der Waals surface area contributed by atoms with E-state index in [1.54, 1.807) is 0 Å². The van der Waals surface area contributed by atoms with Crippen molar-refractivity contribution in [3.05, 3.63) is 194 Å². The quantitative estimate of drug-likeness (QED) is 0.162. The maximum Gasteiger partial charge on any atom is 0.143 e. The number of thiophene rings is 2. The van der Waals surface area contributed by atoms with Gasteiger partial charge in [-0.1, -0.05) is 158 Å². The van der Waals surface area contributed by atoms with Gasteiger partial charge in [0, 0.05) is 56.9 Å². The summed E-state index contributed by atoms with van der Waals surface area (Å²) in [6.45, 7) is 0. The first kappa shape index (κ1) is 33.0. The molecule has 0 atom stereocenters. The molecule has 3 aromatic heterocycles. The third kappa shape index (κ3) is 4.90. The van der Waals surface area contributed by atoms with Crippen LogP contribution in [0.2, 0.25) is 0 Å². The first-order valence-electron chi connectivity index (χ1n) is 20.1. The molecular weight excluding hydrogens is 753 g/mol. The Kier molecular flexibility index (Phi) is 7.12. The van der Waals surface area contributed by atoms with Crippen LogP contribution in [0.15, 0.2) is 199 Å². The predicted octanol–water partition coefficient (Wildman–Crippen LogP) is 17.3. The summed E-state index contributed by atoms with van der Waals surface area (Å²) in [5.41, 5.74) is 10.6. The van der Waals surface area contributed by atoms with Crippen molar-refractivity contribution >= 4 is 107 Å². The highest BCUT2D eigenvalue weighted by atomic mass is 32.1. The summed E-state index contributed by atoms with van der Waals surface area (Å²) in [5.74, 6) is 0. The Morgan fingerprint density at radius 2 is 0.949 bits per heavy atom. The minimum absolute atomic E-state index is 0.909. The zero-order valence-corrected chi connectivity index (χ0v) is 33.3. The van der Waals surface area contributed by atoms with Crippen molar-refractivity contribution in [3.8, 4) is 43.8 Å². The molecule has 13 rings (SSSR count). The van der Waals surface area contributed by atoms with Gasteiger partial charge in [0.05, 0.1) is 0 Å². The molecule has 0 saturated heterocycles. The molecule has 0 aliphatic rings. The maximum atomic E-state index is 6.70. The van der Waals surface area contributed by atoms with Gasteiger partial charge >= 0.3 is 0 Å². The summed E-state index contributed by atoms with van der Waals surface area (Å²) in [7, 11) is 0. The van der Waals surface area contributed by atoms with Crippen LogP contribution in [0.1, 0.15) is 0 Å². The highest BCUT2D eigenvalue weighted by Crippen LogP contribution is 2.51. The van der Waals surface area contributed by atoms with Gasteiger partial charge in [-0.3, -0.25) is 0 Å². The summed E-state index contributed by atoms with van der Waals surface area (Å²) >= 11 is 3.80. The number of furan rings is 1. The van der Waals surface area contributed by atoms with Crippen molar-refractivity contribution in [2.75, 3.05) is 0 Å². The summed E-state index contributed by atoms with van der Waals surface area (Å²) in [4.78, 5) is 1.32. The second-order valence-corrected chi connectivity index (χ2v) is 17.6. The zero-order valence-electron chi connectivity index (χ0n) is 31.7. The Labute approximate surface area is 347 Å². The molecule has 0 N–H and O–H groups in total. The fourth-order valence-corrected chi connectivity index (χ4v) is 12.1. The summed E-state index contributed by atoms with van der Waals surface area (Å²) < 4.78 is 10.7. The van der Waals surface area contributed by atoms with Gasteiger partial charge in [-0.2, -0.15) is 0 Å². The molecule has 13 aromatic rings. The van der Waals surface area contributed by atoms with Crippen molar-refractivity contribution in [2.24, 2.45) is 0 Å². The molecular formula is C56H32OS2. The fraction of sp³-hybridized carbons (Fsp3) is 0. The number of hydrogen-bond donors (Lipinski definition) is 0. The van der Waals surface area contributed by atoms with E-state index in [-0.39, 0.29) is 0 Å². The third-order valence-electron chi connectivity index (χ3n) is 12.3. The van der Waals surface area contributed by atoms with Gasteiger partial charge in [0.25, 0.3) is 0 Å². The number of rotatable bonds is 4. The van der Waals surface area contributed by atoms with Crippen LogP contribution in [0.3, 0.4) is 0 Å². The van der Waals surface area contributed by atoms with E-state index in [9.17, 15) is 0 Å². The first-order valence-corrected chi connectivity index (χ1v) is 21.7. The first-order chi connectivity index (χ1) is 29.3. The number of fused-ring (bicyclic) bond motifs is 11. The monoisotopic (exact) mass is 784 g/mol. The van der Waals surface area contributed by atoms with Crippen LogP contribution < -0.4 is 0 Å². The van der Waals surface area contributed by atoms with Gasteiger partial charge < -0.3 is 4.42 Å². The van der Waals surface area contributed by atoms with Crippen LogP contribution in [0.25, 0.3) is 128 Å². The van der Waals surface area contributed by atoms with E-state index in [4.69, 9.17) is 4.42 Å². The molecule has 0 unspecified atom stereocenters. The van der Waals surface area contributed by atoms with E-state index in [2.05, 4.69) is 194 Å². The molecule has 0 aliphatic heterocycles. The highest BCUT2D eigenvalue weighted by Gasteiger charge is 2.22. The van der Waals surface area contributed by atoms with Crippen LogP contribution in [0, 0.1) is 0 Å². The molecule has 0 amide bonds. The minimum atomic E-state index is 0.909. The standard InChI is InChI=1S/C56H32OS2/c1-3-15-34(16-4-1)52-46-31-45-44-30-36(27-29-48(44)58-49(45)32-50(46)59-56(52)35-17-5-2-6-18-35)51-38-20-9-11-22-40(38)53(41-23-12-10-21-39(41)51)42-24-13-25-47-54(42)43-28-26-33-14-7-8-19-37(33)55(43)57-47/h1-32H. The van der Waals surface area contributed by atoms with Crippen molar-refractivity contribution in [1.29, 1.82) is 0 Å². The molecule has 1 nitrogen and oxygen atoms in total. The van der Waals surface area contributed by atoms with Gasteiger partial charge in [0.2, 0.25) is 0 Å². The van der Waals surface area contributed by atoms with E-state index in [1.807, 2.05) is 22.7 Å².